The molecule has 0 amide bonds. The predicted molar refractivity (Wildman–Crippen MR) is 96.2 cm³/mol. The first-order valence-corrected chi connectivity index (χ1v) is 9.03. The number of aromatic amines is 1. The van der Waals surface area contributed by atoms with Gasteiger partial charge in [0.2, 0.25) is 5.95 Å². The van der Waals surface area contributed by atoms with Crippen molar-refractivity contribution < 1.29 is 0 Å². The molecule has 0 saturated heterocycles. The number of fused-ring (bicyclic) bond motifs is 1. The largest absolute Gasteiger partial charge is 0.353 e. The third-order valence-electron chi connectivity index (χ3n) is 4.47. The van der Waals surface area contributed by atoms with Gasteiger partial charge in [0, 0.05) is 17.0 Å². The normalized spacial score (nSPS) is 15.8. The van der Waals surface area contributed by atoms with Crippen LogP contribution >= 0.6 is 11.3 Å². The Morgan fingerprint density at radius 2 is 1.91 bits per heavy atom. The van der Waals surface area contributed by atoms with Gasteiger partial charge in [-0.1, -0.05) is 49.6 Å². The van der Waals surface area contributed by atoms with Crippen molar-refractivity contribution in [3.05, 3.63) is 46.1 Å². The summed E-state index contributed by atoms with van der Waals surface area (Å²) in [5, 5.41) is 6.11. The van der Waals surface area contributed by atoms with Crippen molar-refractivity contribution in [2.45, 2.75) is 38.1 Å². The van der Waals surface area contributed by atoms with Gasteiger partial charge in [0.05, 0.1) is 5.39 Å². The van der Waals surface area contributed by atoms with Crippen LogP contribution in [0, 0.1) is 0 Å². The van der Waals surface area contributed by atoms with Crippen LogP contribution < -0.4 is 10.9 Å². The molecule has 4 rings (SSSR count). The molecular weight excluding hydrogens is 306 g/mol. The van der Waals surface area contributed by atoms with Crippen molar-refractivity contribution in [2.75, 3.05) is 5.32 Å². The summed E-state index contributed by atoms with van der Waals surface area (Å²) in [5.41, 5.74) is 1.95. The van der Waals surface area contributed by atoms with Crippen LogP contribution in [-0.4, -0.2) is 16.0 Å². The molecule has 0 atom stereocenters. The molecule has 3 aromatic rings. The molecule has 2 heterocycles. The minimum absolute atomic E-state index is 0.0617. The molecule has 0 unspecified atom stereocenters. The highest BCUT2D eigenvalue weighted by atomic mass is 32.1. The second-order valence-corrected chi connectivity index (χ2v) is 6.95. The maximum Gasteiger partial charge on any atom is 0.261 e. The van der Waals surface area contributed by atoms with E-state index in [9.17, 15) is 4.79 Å². The molecule has 118 valence electrons. The minimum Gasteiger partial charge on any atom is -0.353 e. The highest BCUT2D eigenvalue weighted by Gasteiger charge is 2.16. The van der Waals surface area contributed by atoms with Crippen LogP contribution in [0.1, 0.15) is 32.1 Å². The Balaban J connectivity index is 1.71. The monoisotopic (exact) mass is 325 g/mol. The molecule has 0 radical (unpaired) electrons. The molecule has 0 bridgehead atoms. The first-order valence-electron chi connectivity index (χ1n) is 8.15. The van der Waals surface area contributed by atoms with Gasteiger partial charge < -0.3 is 5.32 Å². The SMILES string of the molecule is O=c1[nH]c(NC2CCCCC2)nc2scc(-c3ccccc3)c12. The lowest BCUT2D eigenvalue weighted by atomic mass is 9.96. The van der Waals surface area contributed by atoms with Crippen LogP contribution in [0.2, 0.25) is 0 Å². The fourth-order valence-electron chi connectivity index (χ4n) is 3.29. The Morgan fingerprint density at radius 3 is 2.70 bits per heavy atom. The summed E-state index contributed by atoms with van der Waals surface area (Å²) in [4.78, 5) is 20.9. The zero-order valence-electron chi connectivity index (χ0n) is 12.8. The van der Waals surface area contributed by atoms with Gasteiger partial charge in [-0.2, -0.15) is 0 Å². The second-order valence-electron chi connectivity index (χ2n) is 6.09. The van der Waals surface area contributed by atoms with Crippen LogP contribution in [0.5, 0.6) is 0 Å². The number of benzene rings is 1. The first-order chi connectivity index (χ1) is 11.3. The van der Waals surface area contributed by atoms with Crippen LogP contribution in [-0.2, 0) is 0 Å². The van der Waals surface area contributed by atoms with Crippen molar-refractivity contribution in [1.82, 2.24) is 9.97 Å². The van der Waals surface area contributed by atoms with Crippen molar-refractivity contribution in [1.29, 1.82) is 0 Å². The van der Waals surface area contributed by atoms with Gasteiger partial charge in [-0.15, -0.1) is 11.3 Å². The Bertz CT molecular complexity index is 863. The molecule has 0 spiro atoms. The Hall–Kier alpha value is -2.14. The molecule has 4 nitrogen and oxygen atoms in total. The van der Waals surface area contributed by atoms with E-state index in [0.717, 1.165) is 28.8 Å². The van der Waals surface area contributed by atoms with Crippen molar-refractivity contribution in [2.24, 2.45) is 0 Å². The molecule has 23 heavy (non-hydrogen) atoms. The van der Waals surface area contributed by atoms with Crippen LogP contribution in [0.3, 0.4) is 0 Å². The average Bonchev–Trinajstić information content (AvgIpc) is 3.01. The number of H-pyrrole nitrogens is 1. The number of thiophene rings is 1. The maximum absolute atomic E-state index is 12.6. The lowest BCUT2D eigenvalue weighted by Gasteiger charge is -2.22. The molecular formula is C18H19N3OS. The van der Waals surface area contributed by atoms with Crippen LogP contribution in [0.25, 0.3) is 21.3 Å². The molecule has 2 N–H and O–H groups in total. The molecule has 1 fully saturated rings. The van der Waals surface area contributed by atoms with E-state index in [2.05, 4.69) is 15.3 Å². The van der Waals surface area contributed by atoms with Gasteiger partial charge >= 0.3 is 0 Å². The summed E-state index contributed by atoms with van der Waals surface area (Å²) in [5.74, 6) is 0.607. The van der Waals surface area contributed by atoms with Crippen molar-refractivity contribution >= 4 is 27.5 Å². The summed E-state index contributed by atoms with van der Waals surface area (Å²) in [6.07, 6.45) is 6.12. The van der Waals surface area contributed by atoms with E-state index in [-0.39, 0.29) is 5.56 Å². The number of hydrogen-bond donors (Lipinski definition) is 2. The number of anilines is 1. The smallest absolute Gasteiger partial charge is 0.261 e. The minimum atomic E-state index is -0.0617. The third-order valence-corrected chi connectivity index (χ3v) is 5.35. The molecule has 1 aromatic carbocycles. The Kier molecular flexibility index (Phi) is 3.87. The second kappa shape index (κ2) is 6.16. The predicted octanol–water partition coefficient (Wildman–Crippen LogP) is 4.40. The number of nitrogens with one attached hydrogen (secondary N) is 2. The van der Waals surface area contributed by atoms with Crippen LogP contribution in [0.4, 0.5) is 5.95 Å². The maximum atomic E-state index is 12.6. The fourth-order valence-corrected chi connectivity index (χ4v) is 4.24. The third kappa shape index (κ3) is 2.88. The Morgan fingerprint density at radius 1 is 1.13 bits per heavy atom. The number of hydrogen-bond acceptors (Lipinski definition) is 4. The zero-order valence-corrected chi connectivity index (χ0v) is 13.7. The average molecular weight is 325 g/mol. The topological polar surface area (TPSA) is 57.8 Å². The van der Waals surface area contributed by atoms with Gasteiger partial charge in [0.1, 0.15) is 4.83 Å². The van der Waals surface area contributed by atoms with Gasteiger partial charge in [0.15, 0.2) is 0 Å². The first kappa shape index (κ1) is 14.5. The van der Waals surface area contributed by atoms with E-state index in [1.54, 1.807) is 0 Å². The number of aromatic nitrogens is 2. The zero-order chi connectivity index (χ0) is 15.6. The van der Waals surface area contributed by atoms with Gasteiger partial charge in [-0.25, -0.2) is 4.98 Å². The summed E-state index contributed by atoms with van der Waals surface area (Å²) in [6.45, 7) is 0. The van der Waals surface area contributed by atoms with E-state index in [0.29, 0.717) is 17.4 Å². The summed E-state index contributed by atoms with van der Waals surface area (Å²) in [7, 11) is 0. The van der Waals surface area contributed by atoms with E-state index >= 15 is 0 Å². The summed E-state index contributed by atoms with van der Waals surface area (Å²) >= 11 is 1.53. The fraction of sp³-hybridized carbons (Fsp3) is 0.333. The molecule has 2 aromatic heterocycles. The van der Waals surface area contributed by atoms with E-state index in [1.807, 2.05) is 35.7 Å². The van der Waals surface area contributed by atoms with Crippen molar-refractivity contribution in [3.63, 3.8) is 0 Å². The van der Waals surface area contributed by atoms with Gasteiger partial charge in [-0.3, -0.25) is 9.78 Å². The number of nitrogens with zero attached hydrogens (tertiary/aromatic N) is 1. The lowest BCUT2D eigenvalue weighted by Crippen LogP contribution is -2.25. The molecule has 1 saturated carbocycles. The van der Waals surface area contributed by atoms with E-state index in [4.69, 9.17) is 0 Å². The summed E-state index contributed by atoms with van der Waals surface area (Å²) < 4.78 is 0. The number of rotatable bonds is 3. The van der Waals surface area contributed by atoms with E-state index in [1.165, 1.54) is 30.6 Å². The highest BCUT2D eigenvalue weighted by molar-refractivity contribution is 7.17. The van der Waals surface area contributed by atoms with Gasteiger partial charge in [0.25, 0.3) is 5.56 Å². The summed E-state index contributed by atoms with van der Waals surface area (Å²) in [6, 6.07) is 10.4. The lowest BCUT2D eigenvalue weighted by molar-refractivity contribution is 0.461. The highest BCUT2D eigenvalue weighted by Crippen LogP contribution is 2.31. The van der Waals surface area contributed by atoms with Gasteiger partial charge in [-0.05, 0) is 18.4 Å². The quantitative estimate of drug-likeness (QED) is 0.750. The van der Waals surface area contributed by atoms with Crippen LogP contribution in [0.15, 0.2) is 40.5 Å². The standard InChI is InChI=1S/C18H19N3OS/c22-16-15-14(12-7-3-1-4-8-12)11-23-17(15)21-18(20-16)19-13-9-5-2-6-10-13/h1,3-4,7-8,11,13H,2,5-6,9-10H2,(H2,19,20,21,22). The Labute approximate surface area is 138 Å². The van der Waals surface area contributed by atoms with E-state index < -0.39 is 0 Å². The molecule has 1 aliphatic rings. The molecule has 1 aliphatic carbocycles. The molecule has 5 heteroatoms. The molecule has 0 aliphatic heterocycles. The van der Waals surface area contributed by atoms with Crippen molar-refractivity contribution in [3.8, 4) is 11.1 Å².